The summed E-state index contributed by atoms with van der Waals surface area (Å²) >= 11 is 0. The lowest BCUT2D eigenvalue weighted by Gasteiger charge is -2.56. The predicted molar refractivity (Wildman–Crippen MR) is 176 cm³/mol. The number of amides is 1. The van der Waals surface area contributed by atoms with Crippen LogP contribution in [0.4, 0.5) is 5.95 Å². The van der Waals surface area contributed by atoms with Gasteiger partial charge < -0.3 is 14.5 Å². The average Bonchev–Trinajstić information content (AvgIpc) is 2.98. The molecule has 2 fully saturated rings. The van der Waals surface area contributed by atoms with Gasteiger partial charge in [0.2, 0.25) is 11.8 Å². The van der Waals surface area contributed by atoms with Crippen molar-refractivity contribution in [3.8, 4) is 17.1 Å². The van der Waals surface area contributed by atoms with E-state index < -0.39 is 10.0 Å². The Morgan fingerprint density at radius 1 is 1.02 bits per heavy atom. The lowest BCUT2D eigenvalue weighted by atomic mass is 9.59. The first-order valence-corrected chi connectivity index (χ1v) is 17.7. The number of ether oxygens (including phenoxy) is 1. The smallest absolute Gasteiger partial charge is 0.264 e. The van der Waals surface area contributed by atoms with Crippen LogP contribution in [-0.2, 0) is 10.0 Å². The van der Waals surface area contributed by atoms with Gasteiger partial charge in [-0.25, -0.2) is 18.1 Å². The summed E-state index contributed by atoms with van der Waals surface area (Å²) in [6, 6.07) is 13.9. The quantitative estimate of drug-likeness (QED) is 0.364. The standard InChI is InChI=1S/C35H45N5O4S/c1-6-39-15-13-35(14-16-39)20-28(21-35)40-27(17-23(2)3)22-44-31-19-30(32-24(4)9-7-10-25(32)5)36-34(37-31)38-45(42,43)29-12-8-11-26(18-29)33(40)41/h7-12,18-19,23,27-28H,6,13-17,20-22H2,1-5H3,(H,36,37,38)/t27-/m1/s1. The number of piperidine rings is 1. The van der Waals surface area contributed by atoms with Crippen molar-refractivity contribution in [2.45, 2.75) is 83.7 Å². The number of nitrogens with one attached hydrogen (secondary N) is 1. The number of aromatic nitrogens is 2. The third-order valence-electron chi connectivity index (χ3n) is 9.95. The van der Waals surface area contributed by atoms with E-state index in [-0.39, 0.29) is 46.7 Å². The summed E-state index contributed by atoms with van der Waals surface area (Å²) in [6.07, 6.45) is 4.96. The van der Waals surface area contributed by atoms with E-state index in [2.05, 4.69) is 40.4 Å². The molecule has 6 rings (SSSR count). The van der Waals surface area contributed by atoms with E-state index in [1.54, 1.807) is 18.2 Å². The molecule has 1 saturated heterocycles. The molecule has 240 valence electrons. The first kappa shape index (κ1) is 31.5. The first-order chi connectivity index (χ1) is 21.5. The van der Waals surface area contributed by atoms with Gasteiger partial charge in [-0.3, -0.25) is 4.79 Å². The van der Waals surface area contributed by atoms with Gasteiger partial charge in [-0.2, -0.15) is 4.98 Å². The number of nitrogens with zero attached hydrogens (tertiary/aromatic N) is 4. The summed E-state index contributed by atoms with van der Waals surface area (Å²) in [7, 11) is -4.10. The van der Waals surface area contributed by atoms with Gasteiger partial charge in [0.1, 0.15) is 6.61 Å². The number of likely N-dealkylation sites (tertiary alicyclic amines) is 1. The van der Waals surface area contributed by atoms with Gasteiger partial charge in [0.15, 0.2) is 0 Å². The van der Waals surface area contributed by atoms with Crippen LogP contribution in [0.2, 0.25) is 0 Å². The fourth-order valence-corrected chi connectivity index (χ4v) is 8.51. The molecule has 3 aromatic rings. The van der Waals surface area contributed by atoms with Crippen molar-refractivity contribution < 1.29 is 17.9 Å². The number of carbonyl (C=O) groups excluding carboxylic acids is 1. The Morgan fingerprint density at radius 3 is 2.38 bits per heavy atom. The first-order valence-electron chi connectivity index (χ1n) is 16.2. The van der Waals surface area contributed by atoms with Crippen molar-refractivity contribution in [2.75, 3.05) is 31.0 Å². The predicted octanol–water partition coefficient (Wildman–Crippen LogP) is 6.08. The minimum absolute atomic E-state index is 0.00600. The van der Waals surface area contributed by atoms with E-state index in [4.69, 9.17) is 4.74 Å². The molecular formula is C35H45N5O4S. The molecule has 0 radical (unpaired) electrons. The van der Waals surface area contributed by atoms with E-state index in [0.717, 1.165) is 68.4 Å². The van der Waals surface area contributed by atoms with Crippen molar-refractivity contribution in [1.29, 1.82) is 0 Å². The number of hydrogen-bond acceptors (Lipinski definition) is 7. The molecular weight excluding hydrogens is 586 g/mol. The number of hydrogen-bond donors (Lipinski definition) is 1. The van der Waals surface area contributed by atoms with Gasteiger partial charge in [0.05, 0.1) is 16.6 Å². The Bertz CT molecular complexity index is 1650. The zero-order chi connectivity index (χ0) is 31.9. The number of carbonyl (C=O) groups is 1. The molecule has 2 aliphatic heterocycles. The molecule has 1 aliphatic carbocycles. The highest BCUT2D eigenvalue weighted by Gasteiger charge is 2.50. The number of benzene rings is 2. The second kappa shape index (κ2) is 12.4. The van der Waals surface area contributed by atoms with E-state index >= 15 is 0 Å². The van der Waals surface area contributed by atoms with Crippen LogP contribution >= 0.6 is 0 Å². The van der Waals surface area contributed by atoms with Gasteiger partial charge in [-0.1, -0.05) is 45.0 Å². The van der Waals surface area contributed by atoms with Crippen molar-refractivity contribution in [3.05, 3.63) is 65.2 Å². The van der Waals surface area contributed by atoms with Crippen LogP contribution in [0.3, 0.4) is 0 Å². The van der Waals surface area contributed by atoms with Crippen LogP contribution in [0, 0.1) is 25.2 Å². The third-order valence-corrected chi connectivity index (χ3v) is 11.3. The second-order valence-electron chi connectivity index (χ2n) is 13.6. The van der Waals surface area contributed by atoms with Gasteiger partial charge >= 0.3 is 0 Å². The maximum absolute atomic E-state index is 14.4. The Kier molecular flexibility index (Phi) is 8.65. The molecule has 1 aromatic heterocycles. The Labute approximate surface area is 267 Å². The maximum Gasteiger partial charge on any atom is 0.264 e. The van der Waals surface area contributed by atoms with Crippen molar-refractivity contribution in [3.63, 3.8) is 0 Å². The number of sulfonamides is 1. The van der Waals surface area contributed by atoms with Crippen molar-refractivity contribution >= 4 is 21.9 Å². The summed E-state index contributed by atoms with van der Waals surface area (Å²) in [5.41, 5.74) is 4.12. The molecule has 2 aromatic carbocycles. The molecule has 1 amide bonds. The lowest BCUT2D eigenvalue weighted by molar-refractivity contribution is -0.0520. The van der Waals surface area contributed by atoms with E-state index in [1.165, 1.54) is 12.1 Å². The summed E-state index contributed by atoms with van der Waals surface area (Å²) in [5.74, 6) is 0.355. The van der Waals surface area contributed by atoms with Crippen LogP contribution in [-0.4, -0.2) is 72.4 Å². The normalized spacial score (nSPS) is 21.7. The van der Waals surface area contributed by atoms with Gasteiger partial charge in [-0.05, 0) is 106 Å². The highest BCUT2D eigenvalue weighted by molar-refractivity contribution is 7.92. The zero-order valence-electron chi connectivity index (χ0n) is 27.0. The molecule has 1 atom stereocenters. The van der Waals surface area contributed by atoms with Crippen LogP contribution in [0.1, 0.15) is 74.4 Å². The summed E-state index contributed by atoms with van der Waals surface area (Å²) in [5, 5.41) is 0. The number of aryl methyl sites for hydroxylation is 2. The molecule has 3 aliphatic rings. The molecule has 1 N–H and O–H groups in total. The van der Waals surface area contributed by atoms with Crippen LogP contribution in [0.5, 0.6) is 5.88 Å². The minimum Gasteiger partial charge on any atom is -0.475 e. The average molecular weight is 632 g/mol. The minimum atomic E-state index is -4.10. The van der Waals surface area contributed by atoms with Crippen LogP contribution in [0.25, 0.3) is 11.3 Å². The Morgan fingerprint density at radius 2 is 1.71 bits per heavy atom. The molecule has 4 bridgehead atoms. The summed E-state index contributed by atoms with van der Waals surface area (Å²) in [4.78, 5) is 28.1. The van der Waals surface area contributed by atoms with Crippen molar-refractivity contribution in [2.24, 2.45) is 11.3 Å². The van der Waals surface area contributed by atoms with Gasteiger partial charge in [-0.15, -0.1) is 0 Å². The van der Waals surface area contributed by atoms with E-state index in [0.29, 0.717) is 17.2 Å². The number of rotatable bonds is 5. The highest BCUT2D eigenvalue weighted by atomic mass is 32.2. The Hall–Kier alpha value is -3.50. The third kappa shape index (κ3) is 6.45. The second-order valence-corrected chi connectivity index (χ2v) is 15.3. The summed E-state index contributed by atoms with van der Waals surface area (Å²) < 4.78 is 36.3. The fourth-order valence-electron chi connectivity index (χ4n) is 7.52. The summed E-state index contributed by atoms with van der Waals surface area (Å²) in [6.45, 7) is 14.0. The maximum atomic E-state index is 14.4. The fraction of sp³-hybridized carbons (Fsp3) is 0.514. The van der Waals surface area contributed by atoms with E-state index in [9.17, 15) is 13.2 Å². The molecule has 3 heterocycles. The largest absolute Gasteiger partial charge is 0.475 e. The molecule has 1 saturated carbocycles. The van der Waals surface area contributed by atoms with Crippen molar-refractivity contribution in [1.82, 2.24) is 19.8 Å². The van der Waals surface area contributed by atoms with E-state index in [1.807, 2.05) is 36.9 Å². The number of fused-ring (bicyclic) bond motifs is 4. The van der Waals surface area contributed by atoms with Crippen LogP contribution < -0.4 is 9.46 Å². The lowest BCUT2D eigenvalue weighted by Crippen LogP contribution is -2.60. The zero-order valence-corrected chi connectivity index (χ0v) is 27.9. The topological polar surface area (TPSA) is 105 Å². The molecule has 9 nitrogen and oxygen atoms in total. The van der Waals surface area contributed by atoms with Crippen LogP contribution in [0.15, 0.2) is 53.4 Å². The molecule has 10 heteroatoms. The Balaban J connectivity index is 1.42. The molecule has 1 spiro atoms. The van der Waals surface area contributed by atoms with Gasteiger partial charge in [0, 0.05) is 23.2 Å². The SMILES string of the molecule is CCN1CCC2(CC1)CC(N1C(=O)c3cccc(c3)S(=O)(=O)Nc3nc(cc(-c4c(C)cccc4C)n3)OC[C@H]1CC(C)C)C2. The van der Waals surface area contributed by atoms with Gasteiger partial charge in [0.25, 0.3) is 15.9 Å². The monoisotopic (exact) mass is 631 g/mol. The molecule has 45 heavy (non-hydrogen) atoms. The number of anilines is 1. The molecule has 0 unspecified atom stereocenters. The highest BCUT2D eigenvalue weighted by Crippen LogP contribution is 2.52.